The van der Waals surface area contributed by atoms with E-state index in [2.05, 4.69) is 0 Å². The summed E-state index contributed by atoms with van der Waals surface area (Å²) in [5.41, 5.74) is -0.459. The van der Waals surface area contributed by atoms with Crippen molar-refractivity contribution in [2.45, 2.75) is 13.0 Å². The number of ketones is 1. The predicted octanol–water partition coefficient (Wildman–Crippen LogP) is 4.33. The van der Waals surface area contributed by atoms with Crippen molar-refractivity contribution in [2.75, 3.05) is 0 Å². The van der Waals surface area contributed by atoms with Gasteiger partial charge in [0.1, 0.15) is 5.56 Å². The van der Waals surface area contributed by atoms with Crippen LogP contribution >= 0.6 is 23.2 Å². The van der Waals surface area contributed by atoms with E-state index in [9.17, 15) is 19.7 Å². The Kier molecular flexibility index (Phi) is 5.54. The largest absolute Gasteiger partial charge is 0.450 e. The standard InChI is InChI=1S/C16H11Cl2NO5/c1-9(15(20)10-2-4-11(17)5-3-10)24-16(21)13-8-12(18)6-7-14(13)19(22)23/h2-9H,1H3/t9-/m0/s1. The fourth-order valence-corrected chi connectivity index (χ4v) is 2.26. The summed E-state index contributed by atoms with van der Waals surface area (Å²) in [5, 5.41) is 11.6. The molecular weight excluding hydrogens is 357 g/mol. The van der Waals surface area contributed by atoms with Crippen LogP contribution in [0.25, 0.3) is 0 Å². The smallest absolute Gasteiger partial charge is 0.345 e. The molecule has 2 aromatic carbocycles. The highest BCUT2D eigenvalue weighted by Gasteiger charge is 2.26. The summed E-state index contributed by atoms with van der Waals surface area (Å²) in [6, 6.07) is 9.58. The van der Waals surface area contributed by atoms with Gasteiger partial charge in [0.15, 0.2) is 6.10 Å². The normalized spacial score (nSPS) is 11.6. The molecule has 6 nitrogen and oxygen atoms in total. The van der Waals surface area contributed by atoms with Gasteiger partial charge in [-0.2, -0.15) is 0 Å². The first-order valence-corrected chi connectivity index (χ1v) is 7.50. The van der Waals surface area contributed by atoms with Gasteiger partial charge in [0.2, 0.25) is 5.78 Å². The van der Waals surface area contributed by atoms with Crippen LogP contribution in [0.4, 0.5) is 5.69 Å². The Morgan fingerprint density at radius 1 is 1.08 bits per heavy atom. The first-order valence-electron chi connectivity index (χ1n) is 6.74. The highest BCUT2D eigenvalue weighted by molar-refractivity contribution is 6.31. The summed E-state index contributed by atoms with van der Waals surface area (Å²) < 4.78 is 5.04. The van der Waals surface area contributed by atoms with Crippen molar-refractivity contribution in [3.8, 4) is 0 Å². The Hall–Kier alpha value is -2.44. The Morgan fingerprint density at radius 2 is 1.67 bits per heavy atom. The van der Waals surface area contributed by atoms with Gasteiger partial charge in [-0.1, -0.05) is 23.2 Å². The highest BCUT2D eigenvalue weighted by atomic mass is 35.5. The number of carbonyl (C=O) groups excluding carboxylic acids is 2. The van der Waals surface area contributed by atoms with Crippen LogP contribution in [0, 0.1) is 10.1 Å². The molecule has 2 aromatic rings. The Bertz CT molecular complexity index is 805. The maximum absolute atomic E-state index is 12.2. The zero-order chi connectivity index (χ0) is 17.9. The van der Waals surface area contributed by atoms with Crippen LogP contribution in [0.2, 0.25) is 10.0 Å². The van der Waals surface area contributed by atoms with Crippen LogP contribution < -0.4 is 0 Å². The molecule has 0 N–H and O–H groups in total. The molecule has 2 rings (SSSR count). The number of Topliss-reactive ketones (excluding diaryl/α,β-unsaturated/α-hetero) is 1. The van der Waals surface area contributed by atoms with Gasteiger partial charge < -0.3 is 4.74 Å². The van der Waals surface area contributed by atoms with Crippen LogP contribution in [0.3, 0.4) is 0 Å². The number of benzene rings is 2. The molecule has 0 amide bonds. The third kappa shape index (κ3) is 4.10. The zero-order valence-corrected chi connectivity index (χ0v) is 13.9. The van der Waals surface area contributed by atoms with Gasteiger partial charge in [-0.3, -0.25) is 14.9 Å². The lowest BCUT2D eigenvalue weighted by Gasteiger charge is -2.12. The van der Waals surface area contributed by atoms with Crippen LogP contribution in [0.15, 0.2) is 42.5 Å². The van der Waals surface area contributed by atoms with Gasteiger partial charge in [0.05, 0.1) is 4.92 Å². The van der Waals surface area contributed by atoms with Crippen molar-refractivity contribution in [1.82, 2.24) is 0 Å². The average Bonchev–Trinajstić information content (AvgIpc) is 2.54. The minimum Gasteiger partial charge on any atom is -0.450 e. The van der Waals surface area contributed by atoms with Crippen molar-refractivity contribution in [1.29, 1.82) is 0 Å². The summed E-state index contributed by atoms with van der Waals surface area (Å²) in [6.45, 7) is 1.38. The fourth-order valence-electron chi connectivity index (χ4n) is 1.96. The van der Waals surface area contributed by atoms with Crippen molar-refractivity contribution in [3.63, 3.8) is 0 Å². The van der Waals surface area contributed by atoms with Gasteiger partial charge in [-0.15, -0.1) is 0 Å². The minimum atomic E-state index is -1.13. The van der Waals surface area contributed by atoms with Crippen molar-refractivity contribution in [2.24, 2.45) is 0 Å². The molecule has 0 saturated heterocycles. The summed E-state index contributed by atoms with van der Waals surface area (Å²) in [4.78, 5) is 34.7. The molecule has 0 spiro atoms. The highest BCUT2D eigenvalue weighted by Crippen LogP contribution is 2.24. The summed E-state index contributed by atoms with van der Waals surface area (Å²) in [7, 11) is 0. The van der Waals surface area contributed by atoms with E-state index in [1.165, 1.54) is 37.3 Å². The van der Waals surface area contributed by atoms with Crippen LogP contribution in [-0.2, 0) is 4.74 Å². The second kappa shape index (κ2) is 7.42. The van der Waals surface area contributed by atoms with Crippen LogP contribution in [-0.4, -0.2) is 22.8 Å². The Labute approximate surface area is 147 Å². The second-order valence-corrected chi connectivity index (χ2v) is 5.71. The molecule has 124 valence electrons. The van der Waals surface area contributed by atoms with E-state index in [0.717, 1.165) is 12.1 Å². The molecule has 0 aliphatic rings. The van der Waals surface area contributed by atoms with E-state index < -0.39 is 28.5 Å². The first kappa shape index (κ1) is 17.9. The van der Waals surface area contributed by atoms with Crippen molar-refractivity contribution < 1.29 is 19.2 Å². The SMILES string of the molecule is C[C@H](OC(=O)c1cc(Cl)ccc1[N+](=O)[O-])C(=O)c1ccc(Cl)cc1. The molecule has 0 aliphatic heterocycles. The molecular formula is C16H11Cl2NO5. The topological polar surface area (TPSA) is 86.5 Å². The molecule has 0 fully saturated rings. The molecule has 0 bridgehead atoms. The van der Waals surface area contributed by atoms with Gasteiger partial charge in [-0.05, 0) is 43.3 Å². The molecule has 0 aliphatic carbocycles. The maximum atomic E-state index is 12.2. The van der Waals surface area contributed by atoms with E-state index in [0.29, 0.717) is 10.6 Å². The third-order valence-corrected chi connectivity index (χ3v) is 3.64. The lowest BCUT2D eigenvalue weighted by atomic mass is 10.1. The molecule has 0 heterocycles. The monoisotopic (exact) mass is 367 g/mol. The van der Waals surface area contributed by atoms with Crippen molar-refractivity contribution >= 4 is 40.6 Å². The number of hydrogen-bond acceptors (Lipinski definition) is 5. The second-order valence-electron chi connectivity index (χ2n) is 4.84. The number of carbonyl (C=O) groups is 2. The van der Waals surface area contributed by atoms with Gasteiger partial charge >= 0.3 is 5.97 Å². The number of hydrogen-bond donors (Lipinski definition) is 0. The van der Waals surface area contributed by atoms with Gasteiger partial charge in [0, 0.05) is 21.7 Å². The lowest BCUT2D eigenvalue weighted by Crippen LogP contribution is -2.24. The Balaban J connectivity index is 2.20. The number of nitro benzene ring substituents is 1. The summed E-state index contributed by atoms with van der Waals surface area (Å²) in [6.07, 6.45) is -1.13. The Morgan fingerprint density at radius 3 is 2.25 bits per heavy atom. The zero-order valence-electron chi connectivity index (χ0n) is 12.4. The van der Waals surface area contributed by atoms with E-state index in [1.54, 1.807) is 0 Å². The molecule has 0 unspecified atom stereocenters. The van der Waals surface area contributed by atoms with Gasteiger partial charge in [-0.25, -0.2) is 4.79 Å². The van der Waals surface area contributed by atoms with Gasteiger partial charge in [0.25, 0.3) is 5.69 Å². The quantitative estimate of drug-likeness (QED) is 0.339. The number of rotatable bonds is 5. The van der Waals surface area contributed by atoms with Crippen molar-refractivity contribution in [3.05, 3.63) is 73.8 Å². The third-order valence-electron chi connectivity index (χ3n) is 3.16. The fraction of sp³-hybridized carbons (Fsp3) is 0.125. The van der Waals surface area contributed by atoms with E-state index in [1.807, 2.05) is 0 Å². The molecule has 0 radical (unpaired) electrons. The average molecular weight is 368 g/mol. The maximum Gasteiger partial charge on any atom is 0.345 e. The molecule has 8 heteroatoms. The molecule has 24 heavy (non-hydrogen) atoms. The van der Waals surface area contributed by atoms with Crippen LogP contribution in [0.1, 0.15) is 27.6 Å². The first-order chi connectivity index (χ1) is 11.3. The summed E-state index contributed by atoms with van der Waals surface area (Å²) in [5.74, 6) is -1.45. The number of ether oxygens (including phenoxy) is 1. The molecule has 0 aromatic heterocycles. The molecule has 1 atom stereocenters. The predicted molar refractivity (Wildman–Crippen MR) is 88.8 cm³/mol. The summed E-state index contributed by atoms with van der Waals surface area (Å²) >= 11 is 11.5. The van der Waals surface area contributed by atoms with E-state index >= 15 is 0 Å². The number of esters is 1. The number of nitrogens with zero attached hydrogens (tertiary/aromatic N) is 1. The number of nitro groups is 1. The minimum absolute atomic E-state index is 0.143. The van der Waals surface area contributed by atoms with E-state index in [-0.39, 0.29) is 10.6 Å². The molecule has 0 saturated carbocycles. The number of halogens is 2. The lowest BCUT2D eigenvalue weighted by molar-refractivity contribution is -0.385. The van der Waals surface area contributed by atoms with Crippen LogP contribution in [0.5, 0.6) is 0 Å². The van der Waals surface area contributed by atoms with E-state index in [4.69, 9.17) is 27.9 Å².